The molecule has 1 unspecified atom stereocenters. The molecule has 1 aromatic carbocycles. The van der Waals surface area contributed by atoms with Gasteiger partial charge in [0.2, 0.25) is 0 Å². The van der Waals surface area contributed by atoms with Crippen molar-refractivity contribution in [2.75, 3.05) is 6.26 Å². The largest absolute Gasteiger partial charge is 0.393 e. The fraction of sp³-hybridized carbons (Fsp3) is 0.364. The molecule has 1 atom stereocenters. The molecule has 0 fully saturated rings. The first-order valence-corrected chi connectivity index (χ1v) is 7.19. The second-order valence-electron chi connectivity index (χ2n) is 3.92. The summed E-state index contributed by atoms with van der Waals surface area (Å²) in [5, 5.41) is 0. The molecule has 16 heavy (non-hydrogen) atoms. The van der Waals surface area contributed by atoms with Gasteiger partial charge in [-0.3, -0.25) is 0 Å². The molecule has 0 heterocycles. The fourth-order valence-electron chi connectivity index (χ4n) is 1.47. The van der Waals surface area contributed by atoms with E-state index in [1.807, 2.05) is 13.0 Å². The van der Waals surface area contributed by atoms with Gasteiger partial charge in [0, 0.05) is 12.7 Å². The smallest absolute Gasteiger partial charge is 0.175 e. The van der Waals surface area contributed by atoms with E-state index in [-0.39, 0.29) is 5.92 Å². The van der Waals surface area contributed by atoms with Crippen LogP contribution in [0.4, 0.5) is 0 Å². The lowest BCUT2D eigenvalue weighted by Crippen LogP contribution is -2.11. The van der Waals surface area contributed by atoms with Crippen LogP contribution in [0, 0.1) is 0 Å². The summed E-state index contributed by atoms with van der Waals surface area (Å²) in [5.74, 6) is 0.138. The third-order valence-corrected chi connectivity index (χ3v) is 3.64. The summed E-state index contributed by atoms with van der Waals surface area (Å²) in [6.07, 6.45) is 1.78. The van der Waals surface area contributed by atoms with Crippen molar-refractivity contribution < 1.29 is 8.42 Å². The summed E-state index contributed by atoms with van der Waals surface area (Å²) in [6.45, 7) is 1.97. The summed E-state index contributed by atoms with van der Waals surface area (Å²) in [5.41, 5.74) is 6.41. The lowest BCUT2D eigenvalue weighted by atomic mass is 9.98. The second kappa shape index (κ2) is 4.93. The number of hydrogen-bond acceptors (Lipinski definition) is 3. The molecule has 0 aliphatic carbocycles. The molecule has 0 aliphatic rings. The van der Waals surface area contributed by atoms with E-state index in [4.69, 9.17) is 18.0 Å². The predicted octanol–water partition coefficient (Wildman–Crippen LogP) is 1.87. The van der Waals surface area contributed by atoms with Gasteiger partial charge in [-0.05, 0) is 23.6 Å². The Morgan fingerprint density at radius 1 is 1.50 bits per heavy atom. The summed E-state index contributed by atoms with van der Waals surface area (Å²) < 4.78 is 22.8. The monoisotopic (exact) mass is 257 g/mol. The molecule has 3 nitrogen and oxygen atoms in total. The van der Waals surface area contributed by atoms with Crippen molar-refractivity contribution in [3.8, 4) is 0 Å². The molecule has 1 aromatic rings. The van der Waals surface area contributed by atoms with E-state index in [0.717, 1.165) is 5.56 Å². The Morgan fingerprint density at radius 2 is 2.12 bits per heavy atom. The van der Waals surface area contributed by atoms with Crippen molar-refractivity contribution >= 4 is 27.0 Å². The summed E-state index contributed by atoms with van der Waals surface area (Å²) >= 11 is 4.84. The number of sulfone groups is 1. The van der Waals surface area contributed by atoms with Gasteiger partial charge in [0.05, 0.1) is 9.88 Å². The highest BCUT2D eigenvalue weighted by molar-refractivity contribution is 7.90. The lowest BCUT2D eigenvalue weighted by Gasteiger charge is -2.11. The first kappa shape index (κ1) is 13.1. The van der Waals surface area contributed by atoms with Crippen LogP contribution >= 0.6 is 12.2 Å². The highest BCUT2D eigenvalue weighted by Crippen LogP contribution is 2.21. The number of hydrogen-bond donors (Lipinski definition) is 1. The molecule has 0 bridgehead atoms. The van der Waals surface area contributed by atoms with Crippen molar-refractivity contribution in [3.05, 3.63) is 29.8 Å². The molecule has 5 heteroatoms. The Labute approximate surface area is 102 Å². The van der Waals surface area contributed by atoms with Gasteiger partial charge in [0.15, 0.2) is 9.84 Å². The molecule has 0 saturated carbocycles. The van der Waals surface area contributed by atoms with Gasteiger partial charge in [-0.2, -0.15) is 0 Å². The standard InChI is InChI=1S/C11H15NO2S2/c1-8(6-11(12)15)9-4-3-5-10(7-9)16(2,13)14/h3-5,7-8H,6H2,1-2H3,(H2,12,15). The Morgan fingerprint density at radius 3 is 2.62 bits per heavy atom. The van der Waals surface area contributed by atoms with Gasteiger partial charge >= 0.3 is 0 Å². The number of rotatable bonds is 4. The van der Waals surface area contributed by atoms with E-state index < -0.39 is 9.84 Å². The SMILES string of the molecule is CC(CC(N)=S)c1cccc(S(C)(=O)=O)c1. The maximum Gasteiger partial charge on any atom is 0.175 e. The van der Waals surface area contributed by atoms with Crippen LogP contribution in [0.25, 0.3) is 0 Å². The van der Waals surface area contributed by atoms with Gasteiger partial charge in [0.25, 0.3) is 0 Å². The minimum Gasteiger partial charge on any atom is -0.393 e. The van der Waals surface area contributed by atoms with E-state index in [0.29, 0.717) is 16.3 Å². The third-order valence-electron chi connectivity index (χ3n) is 2.36. The average molecular weight is 257 g/mol. The average Bonchev–Trinajstić information content (AvgIpc) is 2.15. The molecule has 0 spiro atoms. The van der Waals surface area contributed by atoms with Gasteiger partial charge in [-0.15, -0.1) is 0 Å². The predicted molar refractivity (Wildman–Crippen MR) is 69.4 cm³/mol. The molecule has 1 rings (SSSR count). The van der Waals surface area contributed by atoms with Crippen LogP contribution in [0.1, 0.15) is 24.8 Å². The molecule has 0 saturated heterocycles. The normalized spacial score (nSPS) is 13.4. The highest BCUT2D eigenvalue weighted by Gasteiger charge is 2.11. The summed E-state index contributed by atoms with van der Waals surface area (Å²) in [7, 11) is -3.15. The molecule has 88 valence electrons. The molecule has 0 aliphatic heterocycles. The van der Waals surface area contributed by atoms with Crippen LogP contribution in [0.3, 0.4) is 0 Å². The maximum atomic E-state index is 11.4. The Kier molecular flexibility index (Phi) is 4.04. The minimum atomic E-state index is -3.15. The zero-order valence-corrected chi connectivity index (χ0v) is 10.9. The van der Waals surface area contributed by atoms with E-state index >= 15 is 0 Å². The van der Waals surface area contributed by atoms with Crippen molar-refractivity contribution in [1.82, 2.24) is 0 Å². The Balaban J connectivity index is 3.04. The van der Waals surface area contributed by atoms with E-state index in [1.54, 1.807) is 18.2 Å². The highest BCUT2D eigenvalue weighted by atomic mass is 32.2. The van der Waals surface area contributed by atoms with Crippen LogP contribution in [0.2, 0.25) is 0 Å². The van der Waals surface area contributed by atoms with E-state index in [9.17, 15) is 8.42 Å². The fourth-order valence-corrected chi connectivity index (χ4v) is 2.40. The van der Waals surface area contributed by atoms with Crippen molar-refractivity contribution in [3.63, 3.8) is 0 Å². The van der Waals surface area contributed by atoms with E-state index in [1.165, 1.54) is 6.26 Å². The van der Waals surface area contributed by atoms with Gasteiger partial charge in [0.1, 0.15) is 0 Å². The molecule has 2 N–H and O–H groups in total. The second-order valence-corrected chi connectivity index (χ2v) is 6.46. The van der Waals surface area contributed by atoms with Crippen molar-refractivity contribution in [2.45, 2.75) is 24.2 Å². The molecule has 0 radical (unpaired) electrons. The zero-order valence-electron chi connectivity index (χ0n) is 9.30. The molecular weight excluding hydrogens is 242 g/mol. The van der Waals surface area contributed by atoms with Crippen LogP contribution in [-0.4, -0.2) is 19.7 Å². The summed E-state index contributed by atoms with van der Waals surface area (Å²) in [6, 6.07) is 6.89. The van der Waals surface area contributed by atoms with Gasteiger partial charge < -0.3 is 5.73 Å². The lowest BCUT2D eigenvalue weighted by molar-refractivity contribution is 0.601. The topological polar surface area (TPSA) is 60.2 Å². The molecular formula is C11H15NO2S2. The number of nitrogens with two attached hydrogens (primary N) is 1. The van der Waals surface area contributed by atoms with Gasteiger partial charge in [-0.1, -0.05) is 31.3 Å². The maximum absolute atomic E-state index is 11.4. The number of benzene rings is 1. The van der Waals surface area contributed by atoms with Crippen LogP contribution in [-0.2, 0) is 9.84 Å². The molecule has 0 amide bonds. The first-order valence-electron chi connectivity index (χ1n) is 4.89. The zero-order chi connectivity index (χ0) is 12.3. The third kappa shape index (κ3) is 3.57. The Bertz CT molecular complexity index is 494. The quantitative estimate of drug-likeness (QED) is 0.837. The van der Waals surface area contributed by atoms with Crippen LogP contribution in [0.15, 0.2) is 29.2 Å². The van der Waals surface area contributed by atoms with Crippen molar-refractivity contribution in [1.29, 1.82) is 0 Å². The first-order chi connectivity index (χ1) is 7.30. The van der Waals surface area contributed by atoms with Crippen molar-refractivity contribution in [2.24, 2.45) is 5.73 Å². The Hall–Kier alpha value is -0.940. The van der Waals surface area contributed by atoms with Crippen LogP contribution < -0.4 is 5.73 Å². The van der Waals surface area contributed by atoms with E-state index in [2.05, 4.69) is 0 Å². The number of thiocarbonyl (C=S) groups is 1. The van der Waals surface area contributed by atoms with Gasteiger partial charge in [-0.25, -0.2) is 8.42 Å². The van der Waals surface area contributed by atoms with Crippen LogP contribution in [0.5, 0.6) is 0 Å². The summed E-state index contributed by atoms with van der Waals surface area (Å²) in [4.78, 5) is 0.775. The molecule has 0 aromatic heterocycles. The minimum absolute atomic E-state index is 0.138.